The summed E-state index contributed by atoms with van der Waals surface area (Å²) in [6, 6.07) is 0.483. The van der Waals surface area contributed by atoms with E-state index in [1.165, 1.54) is 32.1 Å². The van der Waals surface area contributed by atoms with Gasteiger partial charge in [0.15, 0.2) is 0 Å². The largest absolute Gasteiger partial charge is 0.341 e. The van der Waals surface area contributed by atoms with Crippen molar-refractivity contribution in [2.75, 3.05) is 13.1 Å². The second-order valence-electron chi connectivity index (χ2n) is 5.95. The molecule has 1 saturated heterocycles. The van der Waals surface area contributed by atoms with E-state index in [1.807, 2.05) is 0 Å². The summed E-state index contributed by atoms with van der Waals surface area (Å²) < 4.78 is 0. The van der Waals surface area contributed by atoms with Gasteiger partial charge in [-0.05, 0) is 25.2 Å². The molecule has 2 rings (SSSR count). The molecule has 0 aromatic heterocycles. The summed E-state index contributed by atoms with van der Waals surface area (Å²) in [5.74, 6) is 1.11. The van der Waals surface area contributed by atoms with E-state index in [0.717, 1.165) is 25.4 Å². The molecule has 3 nitrogen and oxygen atoms in total. The fourth-order valence-electron chi connectivity index (χ4n) is 3.16. The van der Waals surface area contributed by atoms with E-state index in [1.54, 1.807) is 0 Å². The molecule has 1 N–H and O–H groups in total. The smallest absolute Gasteiger partial charge is 0.239 e. The Morgan fingerprint density at radius 1 is 1.24 bits per heavy atom. The molecule has 0 aromatic rings. The molecule has 1 amide bonds. The quantitative estimate of drug-likeness (QED) is 0.814. The van der Waals surface area contributed by atoms with Crippen molar-refractivity contribution in [3.05, 3.63) is 0 Å². The third-order valence-electron chi connectivity index (χ3n) is 4.04. The molecule has 1 unspecified atom stereocenters. The number of hydrogen-bond donors (Lipinski definition) is 1. The van der Waals surface area contributed by atoms with Crippen molar-refractivity contribution < 1.29 is 4.79 Å². The topological polar surface area (TPSA) is 32.3 Å². The van der Waals surface area contributed by atoms with E-state index in [0.29, 0.717) is 11.9 Å². The van der Waals surface area contributed by atoms with Crippen molar-refractivity contribution >= 4 is 5.91 Å². The van der Waals surface area contributed by atoms with Gasteiger partial charge in [0.2, 0.25) is 5.91 Å². The lowest BCUT2D eigenvalue weighted by Crippen LogP contribution is -2.42. The number of likely N-dealkylation sites (tertiary alicyclic amines) is 1. The molecule has 1 heterocycles. The van der Waals surface area contributed by atoms with Gasteiger partial charge in [0.1, 0.15) is 0 Å². The zero-order valence-corrected chi connectivity index (χ0v) is 11.2. The Hall–Kier alpha value is -0.570. The minimum absolute atomic E-state index is 0.0820. The van der Waals surface area contributed by atoms with E-state index in [4.69, 9.17) is 0 Å². The molecule has 17 heavy (non-hydrogen) atoms. The maximum atomic E-state index is 12.2. The molecule has 0 bridgehead atoms. The Morgan fingerprint density at radius 2 is 1.94 bits per heavy atom. The predicted octanol–water partition coefficient (Wildman–Crippen LogP) is 2.17. The van der Waals surface area contributed by atoms with Crippen molar-refractivity contribution in [1.29, 1.82) is 0 Å². The van der Waals surface area contributed by atoms with Gasteiger partial charge in [0, 0.05) is 19.1 Å². The molecular weight excluding hydrogens is 212 g/mol. The van der Waals surface area contributed by atoms with E-state index in [9.17, 15) is 4.79 Å². The number of nitrogens with one attached hydrogen (secondary N) is 1. The fraction of sp³-hybridized carbons (Fsp3) is 0.929. The predicted molar refractivity (Wildman–Crippen MR) is 69.8 cm³/mol. The second-order valence-corrected chi connectivity index (χ2v) is 5.95. The molecule has 98 valence electrons. The number of nitrogens with zero attached hydrogens (tertiary/aromatic N) is 1. The minimum Gasteiger partial charge on any atom is -0.341 e. The van der Waals surface area contributed by atoms with Crippen LogP contribution in [0.2, 0.25) is 0 Å². The average Bonchev–Trinajstić information content (AvgIpc) is 2.62. The van der Waals surface area contributed by atoms with Gasteiger partial charge in [-0.15, -0.1) is 0 Å². The van der Waals surface area contributed by atoms with Crippen LogP contribution in [0.25, 0.3) is 0 Å². The van der Waals surface area contributed by atoms with Crippen LogP contribution in [0, 0.1) is 5.92 Å². The average molecular weight is 238 g/mol. The summed E-state index contributed by atoms with van der Waals surface area (Å²) in [6.07, 6.45) is 7.75. The number of hydrogen-bond acceptors (Lipinski definition) is 2. The van der Waals surface area contributed by atoms with E-state index >= 15 is 0 Å². The number of amides is 1. The molecule has 3 heteroatoms. The van der Waals surface area contributed by atoms with Crippen LogP contribution < -0.4 is 5.32 Å². The van der Waals surface area contributed by atoms with Crippen LogP contribution in [0.4, 0.5) is 0 Å². The maximum Gasteiger partial charge on any atom is 0.239 e. The first-order chi connectivity index (χ1) is 8.16. The first-order valence-electron chi connectivity index (χ1n) is 7.21. The minimum atomic E-state index is 0.0820. The summed E-state index contributed by atoms with van der Waals surface area (Å²) in [4.78, 5) is 14.3. The zero-order chi connectivity index (χ0) is 12.3. The van der Waals surface area contributed by atoms with Crippen LogP contribution in [0.1, 0.15) is 52.4 Å². The lowest BCUT2D eigenvalue weighted by atomic mass is 9.89. The summed E-state index contributed by atoms with van der Waals surface area (Å²) >= 11 is 0. The second kappa shape index (κ2) is 5.85. The maximum absolute atomic E-state index is 12.2. The van der Waals surface area contributed by atoms with Crippen molar-refractivity contribution in [2.45, 2.75) is 64.5 Å². The molecule has 1 atom stereocenters. The molecule has 0 spiro atoms. The SMILES string of the molecule is CC(C)NC1CCN(CC2CCCCC2)C1=O. The lowest BCUT2D eigenvalue weighted by Gasteiger charge is -2.27. The highest BCUT2D eigenvalue weighted by Gasteiger charge is 2.32. The summed E-state index contributed by atoms with van der Waals surface area (Å²) in [5, 5.41) is 3.37. The van der Waals surface area contributed by atoms with Gasteiger partial charge in [-0.2, -0.15) is 0 Å². The third-order valence-corrected chi connectivity index (χ3v) is 4.04. The molecule has 2 aliphatic rings. The van der Waals surface area contributed by atoms with Gasteiger partial charge >= 0.3 is 0 Å². The molecule has 1 saturated carbocycles. The van der Waals surface area contributed by atoms with Gasteiger partial charge in [-0.25, -0.2) is 0 Å². The monoisotopic (exact) mass is 238 g/mol. The van der Waals surface area contributed by atoms with Crippen LogP contribution in [0.15, 0.2) is 0 Å². The molecule has 2 fully saturated rings. The normalized spacial score (nSPS) is 27.1. The van der Waals surface area contributed by atoms with Gasteiger partial charge in [0.05, 0.1) is 6.04 Å². The highest BCUT2D eigenvalue weighted by atomic mass is 16.2. The highest BCUT2D eigenvalue weighted by Crippen LogP contribution is 2.26. The van der Waals surface area contributed by atoms with Crippen molar-refractivity contribution in [1.82, 2.24) is 10.2 Å². The van der Waals surface area contributed by atoms with Gasteiger partial charge in [-0.1, -0.05) is 33.1 Å². The Kier molecular flexibility index (Phi) is 4.43. The highest BCUT2D eigenvalue weighted by molar-refractivity contribution is 5.84. The Bertz CT molecular complexity index is 259. The molecule has 0 aromatic carbocycles. The Balaban J connectivity index is 1.80. The van der Waals surface area contributed by atoms with Crippen LogP contribution in [0.5, 0.6) is 0 Å². The summed E-state index contributed by atoms with van der Waals surface area (Å²) in [7, 11) is 0. The van der Waals surface area contributed by atoms with E-state index in [2.05, 4.69) is 24.1 Å². The van der Waals surface area contributed by atoms with Gasteiger partial charge in [0.25, 0.3) is 0 Å². The van der Waals surface area contributed by atoms with Crippen molar-refractivity contribution in [2.24, 2.45) is 5.92 Å². The zero-order valence-electron chi connectivity index (χ0n) is 11.2. The number of carbonyl (C=O) groups is 1. The van der Waals surface area contributed by atoms with Crippen LogP contribution in [0.3, 0.4) is 0 Å². The van der Waals surface area contributed by atoms with Crippen LogP contribution in [-0.4, -0.2) is 36.0 Å². The van der Waals surface area contributed by atoms with Crippen molar-refractivity contribution in [3.8, 4) is 0 Å². The lowest BCUT2D eigenvalue weighted by molar-refractivity contribution is -0.130. The summed E-state index contributed by atoms with van der Waals surface area (Å²) in [6.45, 7) is 6.18. The van der Waals surface area contributed by atoms with Gasteiger partial charge < -0.3 is 10.2 Å². The van der Waals surface area contributed by atoms with Crippen molar-refractivity contribution in [3.63, 3.8) is 0 Å². The van der Waals surface area contributed by atoms with Gasteiger partial charge in [-0.3, -0.25) is 4.79 Å². The summed E-state index contributed by atoms with van der Waals surface area (Å²) in [5.41, 5.74) is 0. The third kappa shape index (κ3) is 3.44. The van der Waals surface area contributed by atoms with E-state index < -0.39 is 0 Å². The molecule has 1 aliphatic heterocycles. The van der Waals surface area contributed by atoms with Crippen LogP contribution in [-0.2, 0) is 4.79 Å². The fourth-order valence-corrected chi connectivity index (χ4v) is 3.16. The standard InChI is InChI=1S/C14H26N2O/c1-11(2)15-13-8-9-16(14(13)17)10-12-6-4-3-5-7-12/h11-13,15H,3-10H2,1-2H3. The Labute approximate surface area is 105 Å². The van der Waals surface area contributed by atoms with Crippen LogP contribution >= 0.6 is 0 Å². The Morgan fingerprint density at radius 3 is 2.59 bits per heavy atom. The number of carbonyl (C=O) groups excluding carboxylic acids is 1. The first-order valence-corrected chi connectivity index (χ1v) is 7.21. The molecule has 1 aliphatic carbocycles. The van der Waals surface area contributed by atoms with E-state index in [-0.39, 0.29) is 6.04 Å². The number of rotatable bonds is 4. The first kappa shape index (κ1) is 12.9. The molecular formula is C14H26N2O. The molecule has 0 radical (unpaired) electrons.